The molecule has 2 aromatic carbocycles. The normalized spacial score (nSPS) is 13.1. The lowest BCUT2D eigenvalue weighted by Gasteiger charge is -2.05. The van der Waals surface area contributed by atoms with E-state index in [0.29, 0.717) is 6.54 Å². The summed E-state index contributed by atoms with van der Waals surface area (Å²) in [6.45, 7) is 0.522. The van der Waals surface area contributed by atoms with Crippen LogP contribution in [0.2, 0.25) is 0 Å². The zero-order valence-corrected chi connectivity index (χ0v) is 10.7. The molecule has 0 N–H and O–H groups in total. The van der Waals surface area contributed by atoms with Gasteiger partial charge in [-0.2, -0.15) is 0 Å². The van der Waals surface area contributed by atoms with Crippen molar-refractivity contribution >= 4 is 16.8 Å². The fourth-order valence-corrected chi connectivity index (χ4v) is 2.80. The molecule has 19 heavy (non-hydrogen) atoms. The maximum Gasteiger partial charge on any atom is 0.0292 e. The molecule has 3 rings (SSSR count). The summed E-state index contributed by atoms with van der Waals surface area (Å²) in [5, 5.41) is 6.32. The predicted molar refractivity (Wildman–Crippen MR) is 79.0 cm³/mol. The second-order valence-corrected chi connectivity index (χ2v) is 4.80. The maximum absolute atomic E-state index is 8.23. The maximum atomic E-state index is 8.23. The SMILES string of the molecule is [N-]=[N+]=NCCC=Cc1ccc2c3c(cccc13)CC2. The van der Waals surface area contributed by atoms with Crippen LogP contribution in [-0.4, -0.2) is 6.54 Å². The minimum Gasteiger partial charge on any atom is -0.0937 e. The van der Waals surface area contributed by atoms with Gasteiger partial charge in [0.15, 0.2) is 0 Å². The van der Waals surface area contributed by atoms with E-state index in [1.165, 1.54) is 27.5 Å². The van der Waals surface area contributed by atoms with Crippen molar-refractivity contribution in [3.63, 3.8) is 0 Å². The van der Waals surface area contributed by atoms with Crippen molar-refractivity contribution in [3.8, 4) is 0 Å². The van der Waals surface area contributed by atoms with Crippen molar-refractivity contribution in [2.45, 2.75) is 19.3 Å². The van der Waals surface area contributed by atoms with Crippen LogP contribution in [0.15, 0.2) is 41.5 Å². The number of rotatable bonds is 4. The highest BCUT2D eigenvalue weighted by Crippen LogP contribution is 2.33. The van der Waals surface area contributed by atoms with E-state index in [-0.39, 0.29) is 0 Å². The van der Waals surface area contributed by atoms with E-state index in [1.54, 1.807) is 0 Å². The summed E-state index contributed by atoms with van der Waals surface area (Å²) in [5.74, 6) is 0. The van der Waals surface area contributed by atoms with Crippen LogP contribution in [0.4, 0.5) is 0 Å². The summed E-state index contributed by atoms with van der Waals surface area (Å²) in [4.78, 5) is 2.75. The molecule has 1 aliphatic rings. The van der Waals surface area contributed by atoms with Gasteiger partial charge in [0.05, 0.1) is 0 Å². The van der Waals surface area contributed by atoms with Gasteiger partial charge in [-0.15, -0.1) is 0 Å². The van der Waals surface area contributed by atoms with Crippen LogP contribution in [0.5, 0.6) is 0 Å². The molecule has 0 bridgehead atoms. The van der Waals surface area contributed by atoms with Gasteiger partial charge >= 0.3 is 0 Å². The van der Waals surface area contributed by atoms with E-state index in [9.17, 15) is 0 Å². The first kappa shape index (κ1) is 11.8. The Bertz CT molecular complexity index is 684. The molecule has 94 valence electrons. The summed E-state index contributed by atoms with van der Waals surface area (Å²) in [7, 11) is 0. The minimum atomic E-state index is 0.522. The molecule has 0 saturated heterocycles. The first-order valence-corrected chi connectivity index (χ1v) is 6.61. The topological polar surface area (TPSA) is 48.8 Å². The molecule has 0 radical (unpaired) electrons. The quantitative estimate of drug-likeness (QED) is 0.328. The molecule has 2 aromatic rings. The molecule has 1 aliphatic carbocycles. The summed E-state index contributed by atoms with van der Waals surface area (Å²) in [6, 6.07) is 11.0. The van der Waals surface area contributed by atoms with Crippen LogP contribution in [0.1, 0.15) is 23.1 Å². The van der Waals surface area contributed by atoms with Crippen molar-refractivity contribution < 1.29 is 0 Å². The van der Waals surface area contributed by atoms with Crippen molar-refractivity contribution in [2.75, 3.05) is 6.54 Å². The smallest absolute Gasteiger partial charge is 0.0292 e. The average molecular weight is 249 g/mol. The molecule has 0 amide bonds. The van der Waals surface area contributed by atoms with E-state index in [4.69, 9.17) is 5.53 Å². The van der Waals surface area contributed by atoms with Crippen molar-refractivity contribution in [2.24, 2.45) is 5.11 Å². The van der Waals surface area contributed by atoms with E-state index in [0.717, 1.165) is 19.3 Å². The zero-order chi connectivity index (χ0) is 13.1. The van der Waals surface area contributed by atoms with Gasteiger partial charge in [-0.25, -0.2) is 0 Å². The third-order valence-corrected chi connectivity index (χ3v) is 3.67. The molecule has 0 saturated carbocycles. The molecule has 0 spiro atoms. The van der Waals surface area contributed by atoms with Crippen molar-refractivity contribution in [1.82, 2.24) is 0 Å². The molecule has 3 heteroatoms. The second-order valence-electron chi connectivity index (χ2n) is 4.80. The van der Waals surface area contributed by atoms with Gasteiger partial charge in [-0.05, 0) is 52.3 Å². The van der Waals surface area contributed by atoms with E-state index < -0.39 is 0 Å². The lowest BCUT2D eigenvalue weighted by molar-refractivity contribution is 0.996. The highest BCUT2D eigenvalue weighted by atomic mass is 15.1. The number of benzene rings is 2. The van der Waals surface area contributed by atoms with E-state index in [1.807, 2.05) is 0 Å². The second kappa shape index (κ2) is 5.17. The van der Waals surface area contributed by atoms with Crippen LogP contribution in [0.3, 0.4) is 0 Å². The molecular weight excluding hydrogens is 234 g/mol. The Balaban J connectivity index is 1.95. The Hall–Kier alpha value is -2.25. The fourth-order valence-electron chi connectivity index (χ4n) is 2.80. The highest BCUT2D eigenvalue weighted by Gasteiger charge is 2.14. The van der Waals surface area contributed by atoms with Crippen LogP contribution in [0, 0.1) is 0 Å². The van der Waals surface area contributed by atoms with Gasteiger partial charge in [0.1, 0.15) is 0 Å². The highest BCUT2D eigenvalue weighted by molar-refractivity contribution is 5.96. The fraction of sp³-hybridized carbons (Fsp3) is 0.250. The first-order chi connectivity index (χ1) is 9.40. The lowest BCUT2D eigenvalue weighted by atomic mass is 9.99. The van der Waals surface area contributed by atoms with Crippen LogP contribution in [0.25, 0.3) is 27.3 Å². The summed E-state index contributed by atoms with van der Waals surface area (Å²) >= 11 is 0. The Kier molecular flexibility index (Phi) is 3.21. The molecular formula is C16H15N3. The molecule has 3 nitrogen and oxygen atoms in total. The predicted octanol–water partition coefficient (Wildman–Crippen LogP) is 4.65. The molecule has 0 fully saturated rings. The Labute approximate surface area is 112 Å². The number of aryl methyl sites for hydroxylation is 2. The standard InChI is InChI=1S/C16H15N3/c17-19-18-11-2-1-4-12-7-8-14-10-9-13-5-3-6-15(12)16(13)14/h1,3-8H,2,9-11H2. The molecule has 0 unspecified atom stereocenters. The Morgan fingerprint density at radius 1 is 1.16 bits per heavy atom. The van der Waals surface area contributed by atoms with Gasteiger partial charge in [-0.1, -0.05) is 47.6 Å². The first-order valence-electron chi connectivity index (χ1n) is 6.61. The Morgan fingerprint density at radius 2 is 2.00 bits per heavy atom. The largest absolute Gasteiger partial charge is 0.0937 e. The number of hydrogen-bond acceptors (Lipinski definition) is 1. The van der Waals surface area contributed by atoms with Gasteiger partial charge < -0.3 is 0 Å². The third kappa shape index (κ3) is 2.20. The molecule has 0 atom stereocenters. The Morgan fingerprint density at radius 3 is 2.84 bits per heavy atom. The summed E-state index contributed by atoms with van der Waals surface area (Å²) < 4.78 is 0. The lowest BCUT2D eigenvalue weighted by Crippen LogP contribution is -1.83. The van der Waals surface area contributed by atoms with Gasteiger partial charge in [0.2, 0.25) is 0 Å². The average Bonchev–Trinajstić information content (AvgIpc) is 2.86. The van der Waals surface area contributed by atoms with Crippen molar-refractivity contribution in [3.05, 3.63) is 63.5 Å². The van der Waals surface area contributed by atoms with Crippen LogP contribution < -0.4 is 0 Å². The van der Waals surface area contributed by atoms with Gasteiger partial charge in [0, 0.05) is 11.5 Å². The third-order valence-electron chi connectivity index (χ3n) is 3.67. The number of hydrogen-bond donors (Lipinski definition) is 0. The zero-order valence-electron chi connectivity index (χ0n) is 10.7. The number of nitrogens with zero attached hydrogens (tertiary/aromatic N) is 3. The molecule has 0 aliphatic heterocycles. The van der Waals surface area contributed by atoms with E-state index >= 15 is 0 Å². The summed E-state index contributed by atoms with van der Waals surface area (Å²) in [5.41, 5.74) is 12.4. The van der Waals surface area contributed by atoms with Crippen molar-refractivity contribution in [1.29, 1.82) is 0 Å². The molecule has 0 aromatic heterocycles. The van der Waals surface area contributed by atoms with Crippen LogP contribution in [-0.2, 0) is 12.8 Å². The number of azide groups is 1. The van der Waals surface area contributed by atoms with Gasteiger partial charge in [-0.3, -0.25) is 0 Å². The summed E-state index contributed by atoms with van der Waals surface area (Å²) in [6.07, 6.45) is 7.32. The monoisotopic (exact) mass is 249 g/mol. The van der Waals surface area contributed by atoms with E-state index in [2.05, 4.69) is 52.5 Å². The van der Waals surface area contributed by atoms with Crippen LogP contribution >= 0.6 is 0 Å². The van der Waals surface area contributed by atoms with Gasteiger partial charge in [0.25, 0.3) is 0 Å². The molecule has 0 heterocycles. The minimum absolute atomic E-state index is 0.522.